The van der Waals surface area contributed by atoms with Crippen molar-refractivity contribution in [1.82, 2.24) is 4.90 Å². The lowest BCUT2D eigenvalue weighted by Gasteiger charge is -2.34. The van der Waals surface area contributed by atoms with Gasteiger partial charge in [-0.05, 0) is 60.7 Å². The Balaban J connectivity index is 1.59. The molecule has 1 unspecified atom stereocenters. The van der Waals surface area contributed by atoms with Crippen LogP contribution in [0.3, 0.4) is 0 Å². The second-order valence-corrected chi connectivity index (χ2v) is 6.35. The topological polar surface area (TPSA) is 49.8 Å². The molecule has 0 radical (unpaired) electrons. The summed E-state index contributed by atoms with van der Waals surface area (Å²) in [5, 5.41) is 10.5. The Morgan fingerprint density at radius 1 is 1.12 bits per heavy atom. The maximum absolute atomic E-state index is 13.0. The minimum absolute atomic E-state index is 0.00243. The van der Waals surface area contributed by atoms with Gasteiger partial charge < -0.3 is 14.7 Å². The number of carbonyl (C=O) groups excluding carboxylic acids is 1. The molecule has 1 fully saturated rings. The van der Waals surface area contributed by atoms with Crippen molar-refractivity contribution in [2.75, 3.05) is 20.2 Å². The second-order valence-electron chi connectivity index (χ2n) is 6.35. The van der Waals surface area contributed by atoms with Crippen LogP contribution >= 0.6 is 0 Å². The van der Waals surface area contributed by atoms with Gasteiger partial charge in [-0.3, -0.25) is 4.79 Å². The zero-order valence-corrected chi connectivity index (χ0v) is 14.2. The molecule has 1 amide bonds. The first-order valence-electron chi connectivity index (χ1n) is 8.45. The van der Waals surface area contributed by atoms with E-state index in [0.29, 0.717) is 18.7 Å². The fraction of sp³-hybridized carbons (Fsp3) is 0.350. The third-order valence-corrected chi connectivity index (χ3v) is 4.82. The molecule has 2 aromatic carbocycles. The number of aliphatic hydroxyl groups excluding tert-OH is 1. The SMILES string of the molecule is COc1ccc(C(=O)N2CCC(C(O)c3ccc(F)cc3)CC2)cc1. The average Bonchev–Trinajstić information content (AvgIpc) is 2.67. The van der Waals surface area contributed by atoms with Crippen LogP contribution in [0.2, 0.25) is 0 Å². The van der Waals surface area contributed by atoms with Crippen molar-refractivity contribution in [3.05, 3.63) is 65.5 Å². The number of carbonyl (C=O) groups is 1. The number of benzene rings is 2. The van der Waals surface area contributed by atoms with Gasteiger partial charge in [0, 0.05) is 18.7 Å². The Bertz CT molecular complexity index is 707. The van der Waals surface area contributed by atoms with Crippen molar-refractivity contribution in [2.24, 2.45) is 5.92 Å². The van der Waals surface area contributed by atoms with Gasteiger partial charge in [0.15, 0.2) is 0 Å². The number of halogens is 1. The highest BCUT2D eigenvalue weighted by Crippen LogP contribution is 2.31. The van der Waals surface area contributed by atoms with Crippen molar-refractivity contribution >= 4 is 5.91 Å². The third-order valence-electron chi connectivity index (χ3n) is 4.82. The van der Waals surface area contributed by atoms with E-state index in [1.165, 1.54) is 12.1 Å². The molecule has 1 N–H and O–H groups in total. The number of nitrogens with zero attached hydrogens (tertiary/aromatic N) is 1. The molecule has 0 aliphatic carbocycles. The Hall–Kier alpha value is -2.40. The van der Waals surface area contributed by atoms with Crippen LogP contribution in [-0.4, -0.2) is 36.1 Å². The molecule has 2 aromatic rings. The first-order valence-corrected chi connectivity index (χ1v) is 8.45. The Kier molecular flexibility index (Phi) is 5.34. The van der Waals surface area contributed by atoms with E-state index in [2.05, 4.69) is 0 Å². The van der Waals surface area contributed by atoms with Crippen molar-refractivity contribution in [3.8, 4) is 5.75 Å². The van der Waals surface area contributed by atoms with Gasteiger partial charge in [-0.15, -0.1) is 0 Å². The molecule has 1 heterocycles. The number of rotatable bonds is 4. The Labute approximate surface area is 146 Å². The van der Waals surface area contributed by atoms with Crippen molar-refractivity contribution < 1.29 is 19.0 Å². The second kappa shape index (κ2) is 7.66. The van der Waals surface area contributed by atoms with Gasteiger partial charge in [0.05, 0.1) is 13.2 Å². The summed E-state index contributed by atoms with van der Waals surface area (Å²) in [7, 11) is 1.59. The number of piperidine rings is 1. The van der Waals surface area contributed by atoms with E-state index in [1.54, 1.807) is 43.5 Å². The van der Waals surface area contributed by atoms with Crippen LogP contribution in [0, 0.1) is 11.7 Å². The largest absolute Gasteiger partial charge is 0.497 e. The number of hydrogen-bond acceptors (Lipinski definition) is 3. The van der Waals surface area contributed by atoms with E-state index in [-0.39, 0.29) is 17.6 Å². The van der Waals surface area contributed by atoms with Crippen LogP contribution in [0.1, 0.15) is 34.9 Å². The molecule has 0 spiro atoms. The Morgan fingerprint density at radius 3 is 2.28 bits per heavy atom. The maximum Gasteiger partial charge on any atom is 0.253 e. The van der Waals surface area contributed by atoms with Gasteiger partial charge in [-0.2, -0.15) is 0 Å². The first kappa shape index (κ1) is 17.4. The van der Waals surface area contributed by atoms with Gasteiger partial charge in [0.1, 0.15) is 11.6 Å². The van der Waals surface area contributed by atoms with Gasteiger partial charge in [-0.1, -0.05) is 12.1 Å². The molecule has 132 valence electrons. The summed E-state index contributed by atoms with van der Waals surface area (Å²) in [6, 6.07) is 13.0. The lowest BCUT2D eigenvalue weighted by molar-refractivity contribution is 0.0462. The number of hydrogen-bond donors (Lipinski definition) is 1. The summed E-state index contributed by atoms with van der Waals surface area (Å²) in [6.45, 7) is 1.21. The van der Waals surface area contributed by atoms with Crippen molar-refractivity contribution in [3.63, 3.8) is 0 Å². The molecular weight excluding hydrogens is 321 g/mol. The van der Waals surface area contributed by atoms with Gasteiger partial charge in [0.2, 0.25) is 0 Å². The summed E-state index contributed by atoms with van der Waals surface area (Å²) in [4.78, 5) is 14.4. The van der Waals surface area contributed by atoms with E-state index in [1.807, 2.05) is 4.90 Å². The molecule has 0 saturated carbocycles. The molecule has 1 saturated heterocycles. The fourth-order valence-electron chi connectivity index (χ4n) is 3.27. The lowest BCUT2D eigenvalue weighted by atomic mass is 9.87. The highest BCUT2D eigenvalue weighted by Gasteiger charge is 2.28. The zero-order chi connectivity index (χ0) is 17.8. The highest BCUT2D eigenvalue weighted by atomic mass is 19.1. The van der Waals surface area contributed by atoms with Crippen LogP contribution in [0.15, 0.2) is 48.5 Å². The monoisotopic (exact) mass is 343 g/mol. The van der Waals surface area contributed by atoms with Crippen LogP contribution in [-0.2, 0) is 0 Å². The Morgan fingerprint density at radius 2 is 1.72 bits per heavy atom. The number of methoxy groups -OCH3 is 1. The predicted octanol–water partition coefficient (Wildman–Crippen LogP) is 3.42. The predicted molar refractivity (Wildman–Crippen MR) is 93.0 cm³/mol. The third kappa shape index (κ3) is 3.99. The van der Waals surface area contributed by atoms with E-state index in [0.717, 1.165) is 24.2 Å². The van der Waals surface area contributed by atoms with Crippen LogP contribution in [0.25, 0.3) is 0 Å². The molecule has 25 heavy (non-hydrogen) atoms. The molecule has 5 heteroatoms. The lowest BCUT2D eigenvalue weighted by Crippen LogP contribution is -2.39. The number of amides is 1. The number of likely N-dealkylation sites (tertiary alicyclic amines) is 1. The van der Waals surface area contributed by atoms with E-state index in [9.17, 15) is 14.3 Å². The van der Waals surface area contributed by atoms with Gasteiger partial charge >= 0.3 is 0 Å². The van der Waals surface area contributed by atoms with Crippen LogP contribution < -0.4 is 4.74 Å². The molecule has 1 aliphatic heterocycles. The molecule has 0 bridgehead atoms. The van der Waals surface area contributed by atoms with Crippen molar-refractivity contribution in [2.45, 2.75) is 18.9 Å². The molecule has 1 aliphatic rings. The van der Waals surface area contributed by atoms with Crippen LogP contribution in [0.4, 0.5) is 4.39 Å². The van der Waals surface area contributed by atoms with E-state index in [4.69, 9.17) is 4.74 Å². The molecule has 4 nitrogen and oxygen atoms in total. The molecule has 3 rings (SSSR count). The summed E-state index contributed by atoms with van der Waals surface area (Å²) < 4.78 is 18.1. The molecule has 1 atom stereocenters. The van der Waals surface area contributed by atoms with E-state index < -0.39 is 6.10 Å². The quantitative estimate of drug-likeness (QED) is 0.925. The number of ether oxygens (including phenoxy) is 1. The van der Waals surface area contributed by atoms with Gasteiger partial charge in [-0.25, -0.2) is 4.39 Å². The first-order chi connectivity index (χ1) is 12.1. The summed E-state index contributed by atoms with van der Waals surface area (Å²) in [5.41, 5.74) is 1.36. The zero-order valence-electron chi connectivity index (χ0n) is 14.2. The van der Waals surface area contributed by atoms with Crippen LogP contribution in [0.5, 0.6) is 5.75 Å². The van der Waals surface area contributed by atoms with Gasteiger partial charge in [0.25, 0.3) is 5.91 Å². The molecular formula is C20H22FNO3. The highest BCUT2D eigenvalue weighted by molar-refractivity contribution is 5.94. The van der Waals surface area contributed by atoms with E-state index >= 15 is 0 Å². The fourth-order valence-corrected chi connectivity index (χ4v) is 3.27. The normalized spacial score (nSPS) is 16.5. The smallest absolute Gasteiger partial charge is 0.253 e. The standard InChI is InChI=1S/C20H22FNO3/c1-25-18-8-4-16(5-9-18)20(24)22-12-10-15(11-13-22)19(23)14-2-6-17(21)7-3-14/h2-9,15,19,23H,10-13H2,1H3. The summed E-state index contributed by atoms with van der Waals surface area (Å²) in [6.07, 6.45) is 0.819. The maximum atomic E-state index is 13.0. The minimum Gasteiger partial charge on any atom is -0.497 e. The number of aliphatic hydroxyl groups is 1. The molecule has 0 aromatic heterocycles. The van der Waals surface area contributed by atoms with Crippen molar-refractivity contribution in [1.29, 1.82) is 0 Å². The summed E-state index contributed by atoms with van der Waals surface area (Å²) in [5.74, 6) is 0.483. The minimum atomic E-state index is -0.626. The summed E-state index contributed by atoms with van der Waals surface area (Å²) >= 11 is 0. The average molecular weight is 343 g/mol.